The van der Waals surface area contributed by atoms with Crippen LogP contribution in [0.25, 0.3) is 0 Å². The first-order valence-electron chi connectivity index (χ1n) is 7.09. The summed E-state index contributed by atoms with van der Waals surface area (Å²) in [6.07, 6.45) is 7.19. The van der Waals surface area contributed by atoms with Crippen LogP contribution < -0.4 is 11.1 Å². The number of carbonyl (C=O) groups is 1. The Kier molecular flexibility index (Phi) is 4.99. The third-order valence-electron chi connectivity index (χ3n) is 4.82. The average molecular weight is 240 g/mol. The topological polar surface area (TPSA) is 55.1 Å². The van der Waals surface area contributed by atoms with E-state index in [4.69, 9.17) is 5.73 Å². The summed E-state index contributed by atoms with van der Waals surface area (Å²) in [4.78, 5) is 12.1. The van der Waals surface area contributed by atoms with E-state index in [1.54, 1.807) is 0 Å². The van der Waals surface area contributed by atoms with Crippen molar-refractivity contribution in [2.75, 3.05) is 6.54 Å². The summed E-state index contributed by atoms with van der Waals surface area (Å²) in [6, 6.07) is 0. The van der Waals surface area contributed by atoms with E-state index in [9.17, 15) is 4.79 Å². The van der Waals surface area contributed by atoms with Gasteiger partial charge in [0.2, 0.25) is 5.91 Å². The molecule has 0 aliphatic heterocycles. The largest absolute Gasteiger partial charge is 0.354 e. The van der Waals surface area contributed by atoms with Crippen molar-refractivity contribution in [2.24, 2.45) is 11.1 Å². The van der Waals surface area contributed by atoms with Crippen LogP contribution in [0.2, 0.25) is 0 Å². The lowest BCUT2D eigenvalue weighted by Crippen LogP contribution is -2.53. The number of carbonyl (C=O) groups excluding carboxylic acids is 1. The highest BCUT2D eigenvalue weighted by molar-refractivity contribution is 5.86. The van der Waals surface area contributed by atoms with Crippen molar-refractivity contribution in [3.05, 3.63) is 0 Å². The van der Waals surface area contributed by atoms with Crippen molar-refractivity contribution in [3.63, 3.8) is 0 Å². The van der Waals surface area contributed by atoms with E-state index in [2.05, 4.69) is 26.1 Å². The lowest BCUT2D eigenvalue weighted by Gasteiger charge is -2.32. The monoisotopic (exact) mass is 240 g/mol. The summed E-state index contributed by atoms with van der Waals surface area (Å²) in [5.74, 6) is 0.0646. The van der Waals surface area contributed by atoms with Gasteiger partial charge >= 0.3 is 0 Å². The lowest BCUT2D eigenvalue weighted by atomic mass is 9.79. The van der Waals surface area contributed by atoms with Gasteiger partial charge in [0.1, 0.15) is 0 Å². The second kappa shape index (κ2) is 5.85. The van der Waals surface area contributed by atoms with Gasteiger partial charge in [-0.05, 0) is 37.5 Å². The molecule has 100 valence electrons. The number of hydrogen-bond donors (Lipinski definition) is 2. The second-order valence-electron chi connectivity index (χ2n) is 5.61. The van der Waals surface area contributed by atoms with Crippen LogP contribution in [0, 0.1) is 5.41 Å². The van der Waals surface area contributed by atoms with Crippen LogP contribution in [0.3, 0.4) is 0 Å². The normalized spacial score (nSPS) is 19.3. The zero-order valence-corrected chi connectivity index (χ0v) is 11.6. The van der Waals surface area contributed by atoms with Gasteiger partial charge in [0, 0.05) is 6.54 Å². The van der Waals surface area contributed by atoms with E-state index in [0.717, 1.165) is 51.5 Å². The molecule has 0 bridgehead atoms. The first kappa shape index (κ1) is 14.5. The van der Waals surface area contributed by atoms with Crippen LogP contribution in [0.1, 0.15) is 65.7 Å². The van der Waals surface area contributed by atoms with Gasteiger partial charge in [-0.15, -0.1) is 0 Å². The van der Waals surface area contributed by atoms with E-state index in [1.165, 1.54) is 0 Å². The van der Waals surface area contributed by atoms with Crippen molar-refractivity contribution in [1.29, 1.82) is 0 Å². The molecular formula is C14H28N2O. The van der Waals surface area contributed by atoms with Gasteiger partial charge in [-0.1, -0.05) is 33.6 Å². The third-order valence-corrected chi connectivity index (χ3v) is 4.82. The van der Waals surface area contributed by atoms with Gasteiger partial charge in [0.05, 0.1) is 5.54 Å². The Labute approximate surface area is 106 Å². The highest BCUT2D eigenvalue weighted by Crippen LogP contribution is 2.31. The number of amides is 1. The minimum atomic E-state index is -0.582. The molecule has 1 saturated carbocycles. The van der Waals surface area contributed by atoms with Crippen molar-refractivity contribution in [2.45, 2.75) is 71.3 Å². The third kappa shape index (κ3) is 3.21. The fourth-order valence-electron chi connectivity index (χ4n) is 2.80. The molecular weight excluding hydrogens is 212 g/mol. The summed E-state index contributed by atoms with van der Waals surface area (Å²) in [5.41, 5.74) is 5.82. The molecule has 1 fully saturated rings. The summed E-state index contributed by atoms with van der Waals surface area (Å²) in [5, 5.41) is 3.09. The molecule has 0 heterocycles. The Hall–Kier alpha value is -0.570. The summed E-state index contributed by atoms with van der Waals surface area (Å²) in [6.45, 7) is 7.38. The smallest absolute Gasteiger partial charge is 0.240 e. The first-order chi connectivity index (χ1) is 8.02. The van der Waals surface area contributed by atoms with Crippen LogP contribution in [-0.4, -0.2) is 18.0 Å². The van der Waals surface area contributed by atoms with Gasteiger partial charge in [0.25, 0.3) is 0 Å². The number of rotatable bonds is 6. The molecule has 1 aliphatic carbocycles. The van der Waals surface area contributed by atoms with Crippen LogP contribution in [0.5, 0.6) is 0 Å². The van der Waals surface area contributed by atoms with E-state index in [-0.39, 0.29) is 11.3 Å². The van der Waals surface area contributed by atoms with Crippen molar-refractivity contribution in [1.82, 2.24) is 5.32 Å². The van der Waals surface area contributed by atoms with E-state index >= 15 is 0 Å². The Morgan fingerprint density at radius 2 is 1.65 bits per heavy atom. The van der Waals surface area contributed by atoms with Gasteiger partial charge in [-0.2, -0.15) is 0 Å². The van der Waals surface area contributed by atoms with E-state index < -0.39 is 5.54 Å². The molecule has 0 atom stereocenters. The molecule has 0 aromatic rings. The standard InChI is InChI=1S/C14H28N2O/c1-4-13(5-2,6-3)11-16-12(17)14(15)9-7-8-10-14/h4-11,15H2,1-3H3,(H,16,17). The summed E-state index contributed by atoms with van der Waals surface area (Å²) >= 11 is 0. The molecule has 0 spiro atoms. The molecule has 0 unspecified atom stereocenters. The fraction of sp³-hybridized carbons (Fsp3) is 0.929. The Bertz CT molecular complexity index is 245. The summed E-state index contributed by atoms with van der Waals surface area (Å²) < 4.78 is 0. The molecule has 0 radical (unpaired) electrons. The van der Waals surface area contributed by atoms with E-state index in [1.807, 2.05) is 0 Å². The molecule has 0 saturated heterocycles. The van der Waals surface area contributed by atoms with Gasteiger partial charge in [0.15, 0.2) is 0 Å². The van der Waals surface area contributed by atoms with Crippen molar-refractivity contribution in [3.8, 4) is 0 Å². The quantitative estimate of drug-likeness (QED) is 0.750. The Morgan fingerprint density at radius 3 is 2.06 bits per heavy atom. The maximum Gasteiger partial charge on any atom is 0.240 e. The van der Waals surface area contributed by atoms with Crippen LogP contribution in [-0.2, 0) is 4.79 Å². The second-order valence-corrected chi connectivity index (χ2v) is 5.61. The van der Waals surface area contributed by atoms with Gasteiger partial charge in [-0.3, -0.25) is 4.79 Å². The highest BCUT2D eigenvalue weighted by Gasteiger charge is 2.37. The minimum absolute atomic E-state index is 0.0646. The molecule has 1 rings (SSSR count). The van der Waals surface area contributed by atoms with Crippen molar-refractivity contribution < 1.29 is 4.79 Å². The molecule has 17 heavy (non-hydrogen) atoms. The molecule has 0 aromatic carbocycles. The number of nitrogens with one attached hydrogen (secondary N) is 1. The predicted octanol–water partition coefficient (Wildman–Crippen LogP) is 2.59. The van der Waals surface area contributed by atoms with Crippen LogP contribution in [0.4, 0.5) is 0 Å². The lowest BCUT2D eigenvalue weighted by molar-refractivity contribution is -0.126. The Morgan fingerprint density at radius 1 is 1.18 bits per heavy atom. The zero-order chi connectivity index (χ0) is 12.9. The maximum absolute atomic E-state index is 12.1. The first-order valence-corrected chi connectivity index (χ1v) is 7.09. The molecule has 1 amide bonds. The number of hydrogen-bond acceptors (Lipinski definition) is 2. The van der Waals surface area contributed by atoms with Gasteiger partial charge in [-0.25, -0.2) is 0 Å². The van der Waals surface area contributed by atoms with E-state index in [0.29, 0.717) is 0 Å². The van der Waals surface area contributed by atoms with Gasteiger partial charge < -0.3 is 11.1 Å². The summed E-state index contributed by atoms with van der Waals surface area (Å²) in [7, 11) is 0. The average Bonchev–Trinajstić information content (AvgIpc) is 2.80. The fourth-order valence-corrected chi connectivity index (χ4v) is 2.80. The molecule has 0 aromatic heterocycles. The van der Waals surface area contributed by atoms with Crippen LogP contribution >= 0.6 is 0 Å². The van der Waals surface area contributed by atoms with Crippen LogP contribution in [0.15, 0.2) is 0 Å². The highest BCUT2D eigenvalue weighted by atomic mass is 16.2. The molecule has 3 heteroatoms. The predicted molar refractivity (Wildman–Crippen MR) is 71.7 cm³/mol. The zero-order valence-electron chi connectivity index (χ0n) is 11.6. The molecule has 3 N–H and O–H groups in total. The van der Waals surface area contributed by atoms with Crippen molar-refractivity contribution >= 4 is 5.91 Å². The maximum atomic E-state index is 12.1. The Balaban J connectivity index is 2.52. The molecule has 1 aliphatic rings. The SMILES string of the molecule is CCC(CC)(CC)CNC(=O)C1(N)CCCC1. The molecule has 3 nitrogen and oxygen atoms in total. The number of nitrogens with two attached hydrogens (primary N) is 1. The minimum Gasteiger partial charge on any atom is -0.354 e.